The highest BCUT2D eigenvalue weighted by atomic mass is 35.5. The van der Waals surface area contributed by atoms with E-state index in [1.54, 1.807) is 20.8 Å². The van der Waals surface area contributed by atoms with Crippen LogP contribution in [0.25, 0.3) is 0 Å². The molecule has 0 saturated carbocycles. The van der Waals surface area contributed by atoms with Gasteiger partial charge in [0.15, 0.2) is 15.0 Å². The minimum Gasteiger partial charge on any atom is -0.297 e. The standard InChI is InChI=1S/C10H14Cl2N2O3S/c1-10(2,3)18(16,17)5-4-14-6-13-8(12)7(11)9(14)15/h6H,4-5H2,1-3H3. The highest BCUT2D eigenvalue weighted by molar-refractivity contribution is 7.92. The second-order valence-electron chi connectivity index (χ2n) is 4.78. The van der Waals surface area contributed by atoms with Crippen LogP contribution in [-0.4, -0.2) is 28.5 Å². The number of rotatable bonds is 3. The van der Waals surface area contributed by atoms with Gasteiger partial charge in [0.2, 0.25) is 0 Å². The van der Waals surface area contributed by atoms with Gasteiger partial charge < -0.3 is 0 Å². The van der Waals surface area contributed by atoms with Gasteiger partial charge in [-0.15, -0.1) is 0 Å². The lowest BCUT2D eigenvalue weighted by atomic mass is 10.3. The molecule has 0 aliphatic heterocycles. The largest absolute Gasteiger partial charge is 0.297 e. The maximum Gasteiger partial charge on any atom is 0.273 e. The predicted octanol–water partition coefficient (Wildman–Crippen LogP) is 1.76. The van der Waals surface area contributed by atoms with Gasteiger partial charge in [0.1, 0.15) is 5.02 Å². The number of hydrogen-bond donors (Lipinski definition) is 0. The van der Waals surface area contributed by atoms with Gasteiger partial charge in [-0.05, 0) is 20.8 Å². The molecule has 0 atom stereocenters. The lowest BCUT2D eigenvalue weighted by molar-refractivity contribution is 0.552. The maximum absolute atomic E-state index is 11.9. The Labute approximate surface area is 116 Å². The van der Waals surface area contributed by atoms with Crippen LogP contribution in [0.15, 0.2) is 11.1 Å². The van der Waals surface area contributed by atoms with Crippen molar-refractivity contribution in [3.05, 3.63) is 26.9 Å². The Morgan fingerprint density at radius 2 is 1.89 bits per heavy atom. The van der Waals surface area contributed by atoms with Crippen LogP contribution in [-0.2, 0) is 16.4 Å². The minimum absolute atomic E-state index is 0.00231. The number of sulfone groups is 1. The Hall–Kier alpha value is -0.590. The van der Waals surface area contributed by atoms with Gasteiger partial charge in [0.25, 0.3) is 5.56 Å². The van der Waals surface area contributed by atoms with Crippen LogP contribution in [0.2, 0.25) is 10.2 Å². The van der Waals surface area contributed by atoms with E-state index in [0.29, 0.717) is 0 Å². The number of halogens is 2. The van der Waals surface area contributed by atoms with Crippen molar-refractivity contribution < 1.29 is 8.42 Å². The monoisotopic (exact) mass is 312 g/mol. The fourth-order valence-electron chi connectivity index (χ4n) is 1.13. The van der Waals surface area contributed by atoms with Gasteiger partial charge in [-0.3, -0.25) is 9.36 Å². The van der Waals surface area contributed by atoms with E-state index in [-0.39, 0.29) is 22.5 Å². The Balaban J connectivity index is 2.97. The fourth-order valence-corrected chi connectivity index (χ4v) is 2.46. The highest BCUT2D eigenvalue weighted by Gasteiger charge is 2.28. The summed E-state index contributed by atoms with van der Waals surface area (Å²) in [7, 11) is -3.30. The second-order valence-corrected chi connectivity index (χ2v) is 8.38. The summed E-state index contributed by atoms with van der Waals surface area (Å²) in [5, 5.41) is -0.288. The summed E-state index contributed by atoms with van der Waals surface area (Å²) in [5.74, 6) is -0.157. The Bertz CT molecular complexity index is 603. The zero-order chi connectivity index (χ0) is 14.1. The summed E-state index contributed by atoms with van der Waals surface area (Å²) in [6.45, 7) is 4.83. The number of nitrogens with zero attached hydrogens (tertiary/aromatic N) is 2. The predicted molar refractivity (Wildman–Crippen MR) is 72.1 cm³/mol. The number of aromatic nitrogens is 2. The Morgan fingerprint density at radius 1 is 1.33 bits per heavy atom. The number of aryl methyl sites for hydroxylation is 1. The van der Waals surface area contributed by atoms with Gasteiger partial charge in [0.05, 0.1) is 16.8 Å². The van der Waals surface area contributed by atoms with E-state index in [1.807, 2.05) is 0 Å². The molecule has 0 aliphatic carbocycles. The van der Waals surface area contributed by atoms with Crippen LogP contribution in [0, 0.1) is 0 Å². The van der Waals surface area contributed by atoms with Crippen molar-refractivity contribution in [2.75, 3.05) is 5.75 Å². The van der Waals surface area contributed by atoms with E-state index < -0.39 is 20.1 Å². The molecule has 0 N–H and O–H groups in total. The molecule has 0 fully saturated rings. The van der Waals surface area contributed by atoms with Crippen molar-refractivity contribution in [1.29, 1.82) is 0 Å². The lowest BCUT2D eigenvalue weighted by Gasteiger charge is -2.19. The minimum atomic E-state index is -3.30. The van der Waals surface area contributed by atoms with Gasteiger partial charge in [-0.25, -0.2) is 13.4 Å². The molecule has 1 aromatic rings. The smallest absolute Gasteiger partial charge is 0.273 e. The fraction of sp³-hybridized carbons (Fsp3) is 0.600. The molecule has 1 rings (SSSR count). The third kappa shape index (κ3) is 3.24. The van der Waals surface area contributed by atoms with Gasteiger partial charge >= 0.3 is 0 Å². The summed E-state index contributed by atoms with van der Waals surface area (Å²) in [6, 6.07) is 0. The molecule has 0 aliphatic rings. The lowest BCUT2D eigenvalue weighted by Crippen LogP contribution is -2.34. The van der Waals surface area contributed by atoms with Crippen LogP contribution < -0.4 is 5.56 Å². The van der Waals surface area contributed by atoms with E-state index >= 15 is 0 Å². The Morgan fingerprint density at radius 3 is 2.39 bits per heavy atom. The summed E-state index contributed by atoms with van der Waals surface area (Å²) in [5.41, 5.74) is -0.541. The van der Waals surface area contributed by atoms with Crippen LogP contribution in [0.5, 0.6) is 0 Å². The average molecular weight is 313 g/mol. The first-order chi connectivity index (χ1) is 8.06. The first kappa shape index (κ1) is 15.5. The molecule has 0 spiro atoms. The molecule has 0 amide bonds. The molecular weight excluding hydrogens is 299 g/mol. The van der Waals surface area contributed by atoms with Crippen molar-refractivity contribution in [3.63, 3.8) is 0 Å². The van der Waals surface area contributed by atoms with Crippen LogP contribution >= 0.6 is 23.2 Å². The molecule has 0 unspecified atom stereocenters. The molecule has 0 saturated heterocycles. The highest BCUT2D eigenvalue weighted by Crippen LogP contribution is 2.16. The molecular formula is C10H14Cl2N2O3S. The van der Waals surface area contributed by atoms with Crippen molar-refractivity contribution in [2.24, 2.45) is 0 Å². The Kier molecular flexibility index (Phi) is 4.46. The molecule has 0 radical (unpaired) electrons. The van der Waals surface area contributed by atoms with Crippen molar-refractivity contribution >= 4 is 33.0 Å². The van der Waals surface area contributed by atoms with Crippen LogP contribution in [0.1, 0.15) is 20.8 Å². The third-order valence-corrected chi connectivity index (χ3v) is 5.78. The molecule has 0 bridgehead atoms. The van der Waals surface area contributed by atoms with E-state index in [0.717, 1.165) is 4.57 Å². The van der Waals surface area contributed by atoms with Crippen molar-refractivity contribution in [2.45, 2.75) is 32.1 Å². The second kappa shape index (κ2) is 5.19. The first-order valence-electron chi connectivity index (χ1n) is 5.19. The molecule has 18 heavy (non-hydrogen) atoms. The van der Waals surface area contributed by atoms with E-state index in [9.17, 15) is 13.2 Å². The third-order valence-electron chi connectivity index (χ3n) is 2.47. The SMILES string of the molecule is CC(C)(C)S(=O)(=O)CCn1cnc(Cl)c(Cl)c1=O. The van der Waals surface area contributed by atoms with E-state index in [1.165, 1.54) is 6.33 Å². The molecule has 8 heteroatoms. The van der Waals surface area contributed by atoms with Gasteiger partial charge in [-0.2, -0.15) is 0 Å². The molecule has 0 aromatic carbocycles. The normalized spacial score (nSPS) is 12.7. The van der Waals surface area contributed by atoms with E-state index in [4.69, 9.17) is 23.2 Å². The molecule has 1 aromatic heterocycles. The zero-order valence-corrected chi connectivity index (χ0v) is 12.6. The average Bonchev–Trinajstić information content (AvgIpc) is 2.23. The molecule has 102 valence electrons. The summed E-state index contributed by atoms with van der Waals surface area (Å²) in [6.07, 6.45) is 1.19. The van der Waals surface area contributed by atoms with Crippen LogP contribution in [0.3, 0.4) is 0 Å². The maximum atomic E-state index is 11.9. The quantitative estimate of drug-likeness (QED) is 0.798. The summed E-state index contributed by atoms with van der Waals surface area (Å²) >= 11 is 11.2. The summed E-state index contributed by atoms with van der Waals surface area (Å²) < 4.78 is 24.1. The molecule has 1 heterocycles. The topological polar surface area (TPSA) is 69.0 Å². The van der Waals surface area contributed by atoms with Gasteiger partial charge in [0, 0.05) is 6.54 Å². The summed E-state index contributed by atoms with van der Waals surface area (Å²) in [4.78, 5) is 15.4. The zero-order valence-electron chi connectivity index (χ0n) is 10.3. The number of hydrogen-bond acceptors (Lipinski definition) is 4. The van der Waals surface area contributed by atoms with Crippen LogP contribution in [0.4, 0.5) is 0 Å². The van der Waals surface area contributed by atoms with Crippen molar-refractivity contribution in [3.8, 4) is 0 Å². The van der Waals surface area contributed by atoms with E-state index in [2.05, 4.69) is 4.98 Å². The van der Waals surface area contributed by atoms with Gasteiger partial charge in [-0.1, -0.05) is 23.2 Å². The molecule has 5 nitrogen and oxygen atoms in total. The first-order valence-corrected chi connectivity index (χ1v) is 7.60. The van der Waals surface area contributed by atoms with Crippen molar-refractivity contribution in [1.82, 2.24) is 9.55 Å².